The summed E-state index contributed by atoms with van der Waals surface area (Å²) in [6.45, 7) is 0. The molecule has 0 spiro atoms. The van der Waals surface area contributed by atoms with Gasteiger partial charge in [-0.1, -0.05) is 0 Å². The quantitative estimate of drug-likeness (QED) is 0.598. The average molecular weight is 136 g/mol. The average Bonchev–Trinajstić information content (AvgIpc) is 2.67. The van der Waals surface area contributed by atoms with Gasteiger partial charge in [-0.05, 0) is 18.2 Å². The van der Waals surface area contributed by atoms with Gasteiger partial charge in [-0.15, -0.1) is 0 Å². The van der Waals surface area contributed by atoms with E-state index in [2.05, 4.69) is 14.6 Å². The molecule has 0 aliphatic carbocycles. The van der Waals surface area contributed by atoms with Gasteiger partial charge >= 0.3 is 0 Å². The Balaban J connectivity index is 0.0000001000. The van der Waals surface area contributed by atoms with Crippen molar-refractivity contribution in [1.29, 1.82) is 0 Å². The molecule has 3 nitrogen and oxygen atoms in total. The minimum absolute atomic E-state index is 1.62. The molecule has 2 aromatic heterocycles. The molecule has 0 radical (unpaired) electrons. The molecular weight excluding hydrogens is 128 g/mol. The van der Waals surface area contributed by atoms with Crippen LogP contribution in [0.4, 0.5) is 0 Å². The second-order valence-electron chi connectivity index (χ2n) is 1.56. The fourth-order valence-electron chi connectivity index (χ4n) is 0.442. The topological polar surface area (TPSA) is 41.8 Å². The molecule has 1 N–H and O–H groups in total. The van der Waals surface area contributed by atoms with E-state index >= 15 is 0 Å². The van der Waals surface area contributed by atoms with Crippen LogP contribution in [0.5, 0.6) is 0 Å². The first-order valence-electron chi connectivity index (χ1n) is 2.91. The Hall–Kier alpha value is -1.51. The largest absolute Gasteiger partial charge is 0.473 e. The molecule has 10 heavy (non-hydrogen) atoms. The normalized spacial score (nSPS) is 8.00. The molecule has 0 saturated carbocycles. The van der Waals surface area contributed by atoms with Crippen LogP contribution in [-0.2, 0) is 0 Å². The van der Waals surface area contributed by atoms with Gasteiger partial charge in [0.2, 0.25) is 0 Å². The molecule has 3 heteroatoms. The summed E-state index contributed by atoms with van der Waals surface area (Å²) in [6.07, 6.45) is 6.71. The summed E-state index contributed by atoms with van der Waals surface area (Å²) in [4.78, 5) is 0. The van der Waals surface area contributed by atoms with Gasteiger partial charge in [-0.2, -0.15) is 5.10 Å². The Morgan fingerprint density at radius 1 is 1.10 bits per heavy atom. The molecule has 0 aliphatic heterocycles. The van der Waals surface area contributed by atoms with E-state index in [1.807, 2.05) is 18.2 Å². The van der Waals surface area contributed by atoms with Crippen LogP contribution < -0.4 is 0 Å². The molecule has 0 bridgehead atoms. The van der Waals surface area contributed by atoms with Crippen LogP contribution in [0.2, 0.25) is 0 Å². The summed E-state index contributed by atoms with van der Waals surface area (Å²) in [6, 6.07) is 5.50. The summed E-state index contributed by atoms with van der Waals surface area (Å²) in [5.74, 6) is 0. The van der Waals surface area contributed by atoms with Crippen LogP contribution >= 0.6 is 0 Å². The Labute approximate surface area is 58.7 Å². The van der Waals surface area contributed by atoms with Crippen molar-refractivity contribution in [2.45, 2.75) is 0 Å². The van der Waals surface area contributed by atoms with Gasteiger partial charge in [0.05, 0.1) is 12.5 Å². The number of hydrogen-bond acceptors (Lipinski definition) is 2. The smallest absolute Gasteiger partial charge is 0.0902 e. The number of nitrogens with one attached hydrogen (secondary N) is 1. The fourth-order valence-corrected chi connectivity index (χ4v) is 0.442. The van der Waals surface area contributed by atoms with Crippen molar-refractivity contribution in [3.63, 3.8) is 0 Å². The van der Waals surface area contributed by atoms with Gasteiger partial charge in [0.15, 0.2) is 0 Å². The predicted molar refractivity (Wildman–Crippen MR) is 37.3 cm³/mol. The maximum absolute atomic E-state index is 4.58. The number of H-pyrrole nitrogens is 1. The van der Waals surface area contributed by atoms with Gasteiger partial charge in [-0.3, -0.25) is 5.10 Å². The highest BCUT2D eigenvalue weighted by Crippen LogP contribution is 1.79. The Morgan fingerprint density at radius 2 is 1.90 bits per heavy atom. The minimum Gasteiger partial charge on any atom is -0.473 e. The SMILES string of the molecule is c1ccoc1.c1cn[nH]c1. The minimum atomic E-state index is 1.62. The van der Waals surface area contributed by atoms with Crippen LogP contribution in [-0.4, -0.2) is 10.2 Å². The Bertz CT molecular complexity index is 151. The first-order chi connectivity index (χ1) is 5.00. The third-order valence-corrected chi connectivity index (χ3v) is 0.831. The zero-order valence-corrected chi connectivity index (χ0v) is 5.40. The van der Waals surface area contributed by atoms with E-state index in [0.717, 1.165) is 0 Å². The van der Waals surface area contributed by atoms with Gasteiger partial charge in [0.25, 0.3) is 0 Å². The lowest BCUT2D eigenvalue weighted by Crippen LogP contribution is -1.53. The van der Waals surface area contributed by atoms with Crippen molar-refractivity contribution in [3.05, 3.63) is 43.1 Å². The van der Waals surface area contributed by atoms with Crippen LogP contribution in [0.15, 0.2) is 47.5 Å². The molecule has 0 fully saturated rings. The van der Waals surface area contributed by atoms with Gasteiger partial charge in [-0.25, -0.2) is 0 Å². The lowest BCUT2D eigenvalue weighted by atomic mass is 10.7. The number of rotatable bonds is 0. The Morgan fingerprint density at radius 3 is 2.10 bits per heavy atom. The molecule has 2 heterocycles. The maximum Gasteiger partial charge on any atom is 0.0902 e. The number of aromatic nitrogens is 2. The summed E-state index contributed by atoms with van der Waals surface area (Å²) >= 11 is 0. The van der Waals surface area contributed by atoms with Crippen LogP contribution in [0, 0.1) is 0 Å². The lowest BCUT2D eigenvalue weighted by molar-refractivity contribution is 0.567. The summed E-state index contributed by atoms with van der Waals surface area (Å²) in [5.41, 5.74) is 0. The second kappa shape index (κ2) is 4.38. The molecule has 52 valence electrons. The third-order valence-electron chi connectivity index (χ3n) is 0.831. The molecule has 0 saturated heterocycles. The van der Waals surface area contributed by atoms with E-state index in [0.29, 0.717) is 0 Å². The monoisotopic (exact) mass is 136 g/mol. The van der Waals surface area contributed by atoms with E-state index in [9.17, 15) is 0 Å². The molecule has 0 unspecified atom stereocenters. The van der Waals surface area contributed by atoms with Crippen LogP contribution in [0.1, 0.15) is 0 Å². The van der Waals surface area contributed by atoms with Gasteiger partial charge in [0, 0.05) is 12.4 Å². The van der Waals surface area contributed by atoms with Crippen molar-refractivity contribution in [3.8, 4) is 0 Å². The van der Waals surface area contributed by atoms with Crippen molar-refractivity contribution < 1.29 is 4.42 Å². The number of furan rings is 1. The molecule has 0 amide bonds. The number of aromatic amines is 1. The fraction of sp³-hybridized carbons (Fsp3) is 0. The zero-order valence-electron chi connectivity index (χ0n) is 5.40. The molecule has 0 aliphatic rings. The standard InChI is InChI=1S/C4H4O.C3H4N2/c2*1-2-4-5-3-1/h1-4H;1-3H,(H,4,5). The molecule has 0 atom stereocenters. The first-order valence-corrected chi connectivity index (χ1v) is 2.91. The zero-order chi connectivity index (χ0) is 7.07. The van der Waals surface area contributed by atoms with Crippen molar-refractivity contribution in [2.24, 2.45) is 0 Å². The van der Waals surface area contributed by atoms with E-state index < -0.39 is 0 Å². The number of hydrogen-bond donors (Lipinski definition) is 1. The second-order valence-corrected chi connectivity index (χ2v) is 1.56. The van der Waals surface area contributed by atoms with Crippen LogP contribution in [0.3, 0.4) is 0 Å². The van der Waals surface area contributed by atoms with Crippen molar-refractivity contribution >= 4 is 0 Å². The van der Waals surface area contributed by atoms with E-state index in [1.54, 1.807) is 24.9 Å². The summed E-state index contributed by atoms with van der Waals surface area (Å²) in [7, 11) is 0. The summed E-state index contributed by atoms with van der Waals surface area (Å²) < 4.78 is 4.58. The van der Waals surface area contributed by atoms with Gasteiger partial charge in [0.1, 0.15) is 0 Å². The van der Waals surface area contributed by atoms with E-state index in [-0.39, 0.29) is 0 Å². The molecule has 2 rings (SSSR count). The third kappa shape index (κ3) is 2.71. The lowest BCUT2D eigenvalue weighted by Gasteiger charge is -1.50. The summed E-state index contributed by atoms with van der Waals surface area (Å²) in [5, 5.41) is 6.21. The number of nitrogens with zero attached hydrogens (tertiary/aromatic N) is 1. The highest BCUT2D eigenvalue weighted by atomic mass is 16.3. The highest BCUT2D eigenvalue weighted by Gasteiger charge is 1.59. The Kier molecular flexibility index (Phi) is 2.89. The van der Waals surface area contributed by atoms with Crippen molar-refractivity contribution in [2.75, 3.05) is 0 Å². The first kappa shape index (κ1) is 6.61. The molecule has 2 aromatic rings. The van der Waals surface area contributed by atoms with Crippen molar-refractivity contribution in [1.82, 2.24) is 10.2 Å². The maximum atomic E-state index is 4.58. The predicted octanol–water partition coefficient (Wildman–Crippen LogP) is 1.69. The molecular formula is C7H8N2O. The van der Waals surface area contributed by atoms with Crippen LogP contribution in [0.25, 0.3) is 0 Å². The highest BCUT2D eigenvalue weighted by molar-refractivity contribution is 4.79. The molecule has 0 aromatic carbocycles. The van der Waals surface area contributed by atoms with Gasteiger partial charge < -0.3 is 4.42 Å². The van der Waals surface area contributed by atoms with E-state index in [4.69, 9.17) is 0 Å². The van der Waals surface area contributed by atoms with E-state index in [1.165, 1.54) is 0 Å².